The van der Waals surface area contributed by atoms with Crippen molar-refractivity contribution >= 4 is 17.6 Å². The van der Waals surface area contributed by atoms with Crippen molar-refractivity contribution in [1.82, 2.24) is 10.3 Å². The summed E-state index contributed by atoms with van der Waals surface area (Å²) < 4.78 is 0. The summed E-state index contributed by atoms with van der Waals surface area (Å²) in [5, 5.41) is 11.6. The van der Waals surface area contributed by atoms with Gasteiger partial charge in [0, 0.05) is 26.0 Å². The van der Waals surface area contributed by atoms with Crippen molar-refractivity contribution in [3.8, 4) is 0 Å². The van der Waals surface area contributed by atoms with Crippen molar-refractivity contribution < 1.29 is 14.7 Å². The van der Waals surface area contributed by atoms with Gasteiger partial charge in [0.2, 0.25) is 0 Å². The molecule has 0 unspecified atom stereocenters. The van der Waals surface area contributed by atoms with Crippen LogP contribution < -0.4 is 10.2 Å². The lowest BCUT2D eigenvalue weighted by molar-refractivity contribution is -0.139. The Labute approximate surface area is 118 Å². The lowest BCUT2D eigenvalue weighted by Gasteiger charge is -2.17. The average Bonchev–Trinajstić information content (AvgIpc) is 2.37. The maximum Gasteiger partial charge on any atom is 0.326 e. The number of nitrogens with one attached hydrogen (secondary N) is 1. The molecular formula is C14H21N3O3. The van der Waals surface area contributed by atoms with Crippen LogP contribution in [-0.4, -0.2) is 42.1 Å². The third-order valence-electron chi connectivity index (χ3n) is 2.80. The summed E-state index contributed by atoms with van der Waals surface area (Å²) in [5.41, 5.74) is 1.05. The molecule has 0 radical (unpaired) electrons. The molecule has 1 atom stereocenters. The molecule has 1 amide bonds. The average molecular weight is 279 g/mol. The predicted molar refractivity (Wildman–Crippen MR) is 76.9 cm³/mol. The SMILES string of the molecule is CC(C)C[C@@H](NC(=O)c1cc(N(C)C)ccn1)C(=O)O. The third-order valence-corrected chi connectivity index (χ3v) is 2.80. The van der Waals surface area contributed by atoms with Gasteiger partial charge in [-0.1, -0.05) is 13.8 Å². The largest absolute Gasteiger partial charge is 0.480 e. The van der Waals surface area contributed by atoms with Gasteiger partial charge >= 0.3 is 5.97 Å². The van der Waals surface area contributed by atoms with E-state index in [9.17, 15) is 9.59 Å². The number of carbonyl (C=O) groups is 2. The molecule has 1 rings (SSSR count). The van der Waals surface area contributed by atoms with Crippen LogP contribution in [0.15, 0.2) is 18.3 Å². The molecule has 1 aromatic heterocycles. The molecule has 6 heteroatoms. The van der Waals surface area contributed by atoms with Crippen molar-refractivity contribution in [2.24, 2.45) is 5.92 Å². The molecule has 0 aliphatic heterocycles. The van der Waals surface area contributed by atoms with E-state index in [1.807, 2.05) is 32.8 Å². The number of carbonyl (C=O) groups excluding carboxylic acids is 1. The molecular weight excluding hydrogens is 258 g/mol. The highest BCUT2D eigenvalue weighted by Crippen LogP contribution is 2.12. The summed E-state index contributed by atoms with van der Waals surface area (Å²) in [6, 6.07) is 2.51. The molecule has 6 nitrogen and oxygen atoms in total. The van der Waals surface area contributed by atoms with Crippen molar-refractivity contribution in [3.63, 3.8) is 0 Å². The molecule has 1 heterocycles. The molecule has 0 aromatic carbocycles. The molecule has 0 saturated carbocycles. The van der Waals surface area contributed by atoms with Gasteiger partial charge in [-0.3, -0.25) is 9.78 Å². The number of aliphatic carboxylic acids is 1. The minimum atomic E-state index is -1.03. The van der Waals surface area contributed by atoms with Crippen molar-refractivity contribution in [3.05, 3.63) is 24.0 Å². The van der Waals surface area contributed by atoms with Crippen molar-refractivity contribution in [2.75, 3.05) is 19.0 Å². The fourth-order valence-corrected chi connectivity index (χ4v) is 1.75. The summed E-state index contributed by atoms with van der Waals surface area (Å²) in [7, 11) is 3.71. The van der Waals surface area contributed by atoms with Crippen LogP contribution in [0, 0.1) is 5.92 Å². The van der Waals surface area contributed by atoms with Crippen LogP contribution in [0.3, 0.4) is 0 Å². The summed E-state index contributed by atoms with van der Waals surface area (Å²) in [6.45, 7) is 3.82. The maximum atomic E-state index is 12.1. The van der Waals surface area contributed by atoms with Crippen LogP contribution in [0.25, 0.3) is 0 Å². The highest BCUT2D eigenvalue weighted by molar-refractivity contribution is 5.95. The van der Waals surface area contributed by atoms with E-state index in [1.54, 1.807) is 12.1 Å². The Kier molecular flexibility index (Phi) is 5.49. The number of amides is 1. The first-order chi connectivity index (χ1) is 9.31. The lowest BCUT2D eigenvalue weighted by atomic mass is 10.0. The highest BCUT2D eigenvalue weighted by Gasteiger charge is 2.22. The molecule has 0 saturated heterocycles. The lowest BCUT2D eigenvalue weighted by Crippen LogP contribution is -2.41. The summed E-state index contributed by atoms with van der Waals surface area (Å²) in [4.78, 5) is 29.0. The summed E-state index contributed by atoms with van der Waals surface area (Å²) in [5.74, 6) is -1.32. The molecule has 0 bridgehead atoms. The Morgan fingerprint density at radius 3 is 2.55 bits per heavy atom. The third kappa shape index (κ3) is 4.53. The fourth-order valence-electron chi connectivity index (χ4n) is 1.75. The van der Waals surface area contributed by atoms with E-state index in [1.165, 1.54) is 6.20 Å². The molecule has 2 N–H and O–H groups in total. The van der Waals surface area contributed by atoms with Crippen molar-refractivity contribution in [1.29, 1.82) is 0 Å². The zero-order chi connectivity index (χ0) is 15.3. The molecule has 0 aliphatic carbocycles. The second-order valence-corrected chi connectivity index (χ2v) is 5.29. The number of carboxylic acid groups (broad SMARTS) is 1. The normalized spacial score (nSPS) is 12.1. The number of carboxylic acids is 1. The van der Waals surface area contributed by atoms with E-state index in [-0.39, 0.29) is 11.6 Å². The standard InChI is InChI=1S/C14H21N3O3/c1-9(2)7-12(14(19)20)16-13(18)11-8-10(17(3)4)5-6-15-11/h5-6,8-9,12H,7H2,1-4H3,(H,16,18)(H,19,20)/t12-/m1/s1. The Morgan fingerprint density at radius 1 is 1.40 bits per heavy atom. The zero-order valence-corrected chi connectivity index (χ0v) is 12.3. The molecule has 0 spiro atoms. The van der Waals surface area contributed by atoms with E-state index < -0.39 is 17.9 Å². The number of rotatable bonds is 6. The van der Waals surface area contributed by atoms with Crippen LogP contribution in [-0.2, 0) is 4.79 Å². The summed E-state index contributed by atoms with van der Waals surface area (Å²) >= 11 is 0. The van der Waals surface area contributed by atoms with Gasteiger partial charge < -0.3 is 15.3 Å². The second kappa shape index (κ2) is 6.88. The maximum absolute atomic E-state index is 12.1. The van der Waals surface area contributed by atoms with E-state index in [2.05, 4.69) is 10.3 Å². The van der Waals surface area contributed by atoms with E-state index >= 15 is 0 Å². The first kappa shape index (κ1) is 15.9. The molecule has 20 heavy (non-hydrogen) atoms. The topological polar surface area (TPSA) is 82.5 Å². The first-order valence-electron chi connectivity index (χ1n) is 6.48. The van der Waals surface area contributed by atoms with Crippen LogP contribution in [0.4, 0.5) is 5.69 Å². The van der Waals surface area contributed by atoms with Gasteiger partial charge in [-0.15, -0.1) is 0 Å². The number of nitrogens with zero attached hydrogens (tertiary/aromatic N) is 2. The fraction of sp³-hybridized carbons (Fsp3) is 0.500. The van der Waals surface area contributed by atoms with Gasteiger partial charge in [0.05, 0.1) is 0 Å². The highest BCUT2D eigenvalue weighted by atomic mass is 16.4. The van der Waals surface area contributed by atoms with Crippen LogP contribution >= 0.6 is 0 Å². The number of pyridine rings is 1. The van der Waals surface area contributed by atoms with E-state index in [0.29, 0.717) is 6.42 Å². The smallest absolute Gasteiger partial charge is 0.326 e. The monoisotopic (exact) mass is 279 g/mol. The number of anilines is 1. The molecule has 110 valence electrons. The van der Waals surface area contributed by atoms with Crippen LogP contribution in [0.2, 0.25) is 0 Å². The minimum absolute atomic E-state index is 0.178. The Hall–Kier alpha value is -2.11. The number of hydrogen-bond donors (Lipinski definition) is 2. The molecule has 0 aliphatic rings. The van der Waals surface area contributed by atoms with Crippen LogP contribution in [0.1, 0.15) is 30.8 Å². The quantitative estimate of drug-likeness (QED) is 0.822. The van der Waals surface area contributed by atoms with Gasteiger partial charge in [0.15, 0.2) is 0 Å². The summed E-state index contributed by atoms with van der Waals surface area (Å²) in [6.07, 6.45) is 1.91. The minimum Gasteiger partial charge on any atom is -0.480 e. The van der Waals surface area contributed by atoms with Gasteiger partial charge in [-0.25, -0.2) is 4.79 Å². The number of hydrogen-bond acceptors (Lipinski definition) is 4. The first-order valence-corrected chi connectivity index (χ1v) is 6.48. The van der Waals surface area contributed by atoms with E-state index in [4.69, 9.17) is 5.11 Å². The molecule has 0 fully saturated rings. The Bertz CT molecular complexity index is 486. The van der Waals surface area contributed by atoms with Gasteiger partial charge in [-0.05, 0) is 24.5 Å². The molecule has 1 aromatic rings. The van der Waals surface area contributed by atoms with Crippen molar-refractivity contribution in [2.45, 2.75) is 26.3 Å². The van der Waals surface area contributed by atoms with Gasteiger partial charge in [-0.2, -0.15) is 0 Å². The Balaban J connectivity index is 2.83. The predicted octanol–water partition coefficient (Wildman–Crippen LogP) is 1.38. The zero-order valence-electron chi connectivity index (χ0n) is 12.3. The number of aromatic nitrogens is 1. The van der Waals surface area contributed by atoms with E-state index in [0.717, 1.165) is 5.69 Å². The van der Waals surface area contributed by atoms with Gasteiger partial charge in [0.1, 0.15) is 11.7 Å². The second-order valence-electron chi connectivity index (χ2n) is 5.29. The van der Waals surface area contributed by atoms with Gasteiger partial charge in [0.25, 0.3) is 5.91 Å². The van der Waals surface area contributed by atoms with Crippen LogP contribution in [0.5, 0.6) is 0 Å². The Morgan fingerprint density at radius 2 is 2.05 bits per heavy atom.